The molecular formula is C15H18N4OS. The van der Waals surface area contributed by atoms with Crippen LogP contribution in [0.3, 0.4) is 0 Å². The Kier molecular flexibility index (Phi) is 4.15. The van der Waals surface area contributed by atoms with Crippen molar-refractivity contribution < 1.29 is 4.79 Å². The minimum Gasteiger partial charge on any atom is -0.317 e. The van der Waals surface area contributed by atoms with Gasteiger partial charge in [-0.3, -0.25) is 5.32 Å². The van der Waals surface area contributed by atoms with Gasteiger partial charge in [0.15, 0.2) is 0 Å². The number of anilines is 1. The van der Waals surface area contributed by atoms with Crippen LogP contribution in [0.5, 0.6) is 0 Å². The molecule has 2 amide bonds. The fourth-order valence-electron chi connectivity index (χ4n) is 2.40. The molecule has 21 heavy (non-hydrogen) atoms. The standard InChI is InChI=1S/C15H18N4OS/c1-11(13-7-8-13)19(9-12-5-3-2-4-6-12)15(20)17-14-18-16-10-21-14/h2-6,10-11,13H,7-9H2,1H3,(H,17,18,20)/t11-/m1/s1. The lowest BCUT2D eigenvalue weighted by molar-refractivity contribution is 0.180. The molecule has 0 unspecified atom stereocenters. The van der Waals surface area contributed by atoms with Crippen molar-refractivity contribution in [1.29, 1.82) is 0 Å². The van der Waals surface area contributed by atoms with Crippen LogP contribution in [0.15, 0.2) is 35.8 Å². The number of hydrogen-bond acceptors (Lipinski definition) is 4. The van der Waals surface area contributed by atoms with Gasteiger partial charge in [-0.05, 0) is 31.2 Å². The number of amides is 2. The van der Waals surface area contributed by atoms with E-state index in [1.807, 2.05) is 35.2 Å². The molecule has 2 aromatic rings. The summed E-state index contributed by atoms with van der Waals surface area (Å²) in [6, 6.07) is 10.2. The monoisotopic (exact) mass is 302 g/mol. The zero-order valence-electron chi connectivity index (χ0n) is 11.9. The maximum atomic E-state index is 12.5. The van der Waals surface area contributed by atoms with Gasteiger partial charge in [0.25, 0.3) is 0 Å². The molecule has 0 radical (unpaired) electrons. The van der Waals surface area contributed by atoms with E-state index in [1.54, 1.807) is 5.51 Å². The highest BCUT2D eigenvalue weighted by Gasteiger charge is 2.34. The number of benzene rings is 1. The van der Waals surface area contributed by atoms with Gasteiger partial charge in [-0.1, -0.05) is 41.7 Å². The molecule has 0 bridgehead atoms. The van der Waals surface area contributed by atoms with Crippen molar-refractivity contribution in [3.05, 3.63) is 41.4 Å². The second-order valence-electron chi connectivity index (χ2n) is 5.37. The molecule has 0 aliphatic heterocycles. The van der Waals surface area contributed by atoms with Gasteiger partial charge in [-0.15, -0.1) is 10.2 Å². The van der Waals surface area contributed by atoms with Crippen molar-refractivity contribution in [3.8, 4) is 0 Å². The van der Waals surface area contributed by atoms with Gasteiger partial charge in [-0.25, -0.2) is 4.79 Å². The van der Waals surface area contributed by atoms with Crippen molar-refractivity contribution in [2.45, 2.75) is 32.4 Å². The number of aromatic nitrogens is 2. The number of carbonyl (C=O) groups is 1. The molecule has 1 N–H and O–H groups in total. The average molecular weight is 302 g/mol. The summed E-state index contributed by atoms with van der Waals surface area (Å²) in [6.45, 7) is 2.74. The summed E-state index contributed by atoms with van der Waals surface area (Å²) >= 11 is 1.33. The molecule has 1 aliphatic rings. The number of rotatable bonds is 5. The lowest BCUT2D eigenvalue weighted by Crippen LogP contribution is -2.42. The Bertz CT molecular complexity index is 583. The number of carbonyl (C=O) groups excluding carboxylic acids is 1. The highest BCUT2D eigenvalue weighted by molar-refractivity contribution is 7.13. The van der Waals surface area contributed by atoms with E-state index < -0.39 is 0 Å². The summed E-state index contributed by atoms with van der Waals surface area (Å²) in [7, 11) is 0. The van der Waals surface area contributed by atoms with Gasteiger partial charge in [0.05, 0.1) is 0 Å². The van der Waals surface area contributed by atoms with Crippen LogP contribution >= 0.6 is 11.3 Å². The summed E-state index contributed by atoms with van der Waals surface area (Å²) < 4.78 is 0. The van der Waals surface area contributed by atoms with Gasteiger partial charge < -0.3 is 4.90 Å². The highest BCUT2D eigenvalue weighted by Crippen LogP contribution is 2.36. The van der Waals surface area contributed by atoms with Gasteiger partial charge in [0.1, 0.15) is 5.51 Å². The Morgan fingerprint density at radius 3 is 2.81 bits per heavy atom. The zero-order valence-corrected chi connectivity index (χ0v) is 12.7. The summed E-state index contributed by atoms with van der Waals surface area (Å²) in [4.78, 5) is 14.4. The van der Waals surface area contributed by atoms with E-state index in [0.717, 1.165) is 5.56 Å². The highest BCUT2D eigenvalue weighted by atomic mass is 32.1. The van der Waals surface area contributed by atoms with E-state index in [1.165, 1.54) is 24.2 Å². The largest absolute Gasteiger partial charge is 0.324 e. The molecule has 1 atom stereocenters. The molecule has 110 valence electrons. The molecule has 1 aliphatic carbocycles. The Labute approximate surface area is 128 Å². The van der Waals surface area contributed by atoms with Gasteiger partial charge in [0, 0.05) is 12.6 Å². The Morgan fingerprint density at radius 2 is 2.19 bits per heavy atom. The lowest BCUT2D eigenvalue weighted by atomic mass is 10.1. The maximum Gasteiger partial charge on any atom is 0.324 e. The number of urea groups is 1. The number of nitrogens with zero attached hydrogens (tertiary/aromatic N) is 3. The molecule has 1 saturated carbocycles. The maximum absolute atomic E-state index is 12.5. The van der Waals surface area contributed by atoms with E-state index in [2.05, 4.69) is 22.4 Å². The molecule has 1 heterocycles. The van der Waals surface area contributed by atoms with Crippen molar-refractivity contribution in [2.75, 3.05) is 5.32 Å². The first-order valence-electron chi connectivity index (χ1n) is 7.12. The van der Waals surface area contributed by atoms with Crippen LogP contribution in [-0.4, -0.2) is 27.2 Å². The van der Waals surface area contributed by atoms with E-state index in [9.17, 15) is 4.79 Å². The van der Waals surface area contributed by atoms with E-state index in [0.29, 0.717) is 17.6 Å². The van der Waals surface area contributed by atoms with Gasteiger partial charge in [0.2, 0.25) is 5.13 Å². The van der Waals surface area contributed by atoms with Gasteiger partial charge >= 0.3 is 6.03 Å². The molecular weight excluding hydrogens is 284 g/mol. The third-order valence-electron chi connectivity index (χ3n) is 3.83. The molecule has 0 spiro atoms. The molecule has 1 aromatic carbocycles. The Balaban J connectivity index is 1.73. The normalized spacial score (nSPS) is 15.5. The third-order valence-corrected chi connectivity index (χ3v) is 4.43. The van der Waals surface area contributed by atoms with Crippen LogP contribution in [0.4, 0.5) is 9.93 Å². The summed E-state index contributed by atoms with van der Waals surface area (Å²) in [5, 5.41) is 11.0. The van der Waals surface area contributed by atoms with Crippen LogP contribution in [0.1, 0.15) is 25.3 Å². The van der Waals surface area contributed by atoms with Crippen LogP contribution in [0.25, 0.3) is 0 Å². The molecule has 1 aromatic heterocycles. The Morgan fingerprint density at radius 1 is 1.43 bits per heavy atom. The van der Waals surface area contributed by atoms with E-state index >= 15 is 0 Å². The van der Waals surface area contributed by atoms with Crippen molar-refractivity contribution in [2.24, 2.45) is 5.92 Å². The molecule has 0 saturated heterocycles. The molecule has 3 rings (SSSR count). The topological polar surface area (TPSA) is 58.1 Å². The smallest absolute Gasteiger partial charge is 0.317 e. The first kappa shape index (κ1) is 14.0. The minimum atomic E-state index is -0.102. The summed E-state index contributed by atoms with van der Waals surface area (Å²) in [5.41, 5.74) is 2.75. The quantitative estimate of drug-likeness (QED) is 0.921. The second-order valence-corrected chi connectivity index (χ2v) is 6.20. The summed E-state index contributed by atoms with van der Waals surface area (Å²) in [5.74, 6) is 0.619. The fraction of sp³-hybridized carbons (Fsp3) is 0.400. The first-order chi connectivity index (χ1) is 10.2. The number of nitrogens with one attached hydrogen (secondary N) is 1. The Hall–Kier alpha value is -1.95. The van der Waals surface area contributed by atoms with Crippen LogP contribution in [-0.2, 0) is 6.54 Å². The van der Waals surface area contributed by atoms with Crippen molar-refractivity contribution >= 4 is 22.5 Å². The summed E-state index contributed by atoms with van der Waals surface area (Å²) in [6.07, 6.45) is 2.41. The van der Waals surface area contributed by atoms with Crippen LogP contribution < -0.4 is 5.32 Å². The predicted molar refractivity (Wildman–Crippen MR) is 83.1 cm³/mol. The fourth-order valence-corrected chi connectivity index (χ4v) is 2.84. The number of hydrogen-bond donors (Lipinski definition) is 1. The van der Waals surface area contributed by atoms with E-state index in [4.69, 9.17) is 0 Å². The van der Waals surface area contributed by atoms with Crippen molar-refractivity contribution in [3.63, 3.8) is 0 Å². The first-order valence-corrected chi connectivity index (χ1v) is 7.99. The van der Waals surface area contributed by atoms with Crippen LogP contribution in [0.2, 0.25) is 0 Å². The van der Waals surface area contributed by atoms with Crippen LogP contribution in [0, 0.1) is 5.92 Å². The molecule has 6 heteroatoms. The third kappa shape index (κ3) is 3.58. The lowest BCUT2D eigenvalue weighted by Gasteiger charge is -2.29. The van der Waals surface area contributed by atoms with Crippen molar-refractivity contribution in [1.82, 2.24) is 15.1 Å². The van der Waals surface area contributed by atoms with E-state index in [-0.39, 0.29) is 12.1 Å². The SMILES string of the molecule is C[C@H](C1CC1)N(Cc1ccccc1)C(=O)Nc1nncs1. The average Bonchev–Trinajstić information content (AvgIpc) is 3.23. The van der Waals surface area contributed by atoms with Gasteiger partial charge in [-0.2, -0.15) is 0 Å². The zero-order chi connectivity index (χ0) is 14.7. The molecule has 5 nitrogen and oxygen atoms in total. The second kappa shape index (κ2) is 6.22. The minimum absolute atomic E-state index is 0.102. The predicted octanol–water partition coefficient (Wildman–Crippen LogP) is 3.37. The molecule has 1 fully saturated rings.